The Morgan fingerprint density at radius 2 is 2.06 bits per heavy atom. The van der Waals surface area contributed by atoms with E-state index in [-0.39, 0.29) is 6.61 Å². The second-order valence-electron chi connectivity index (χ2n) is 3.96. The summed E-state index contributed by atoms with van der Waals surface area (Å²) in [6, 6.07) is 4.05. The number of aryl methyl sites for hydroxylation is 2. The summed E-state index contributed by atoms with van der Waals surface area (Å²) in [4.78, 5) is 10.3. The summed E-state index contributed by atoms with van der Waals surface area (Å²) in [5.41, 5.74) is 3.36. The second-order valence-corrected chi connectivity index (χ2v) is 3.96. The summed E-state index contributed by atoms with van der Waals surface area (Å²) in [7, 11) is 1.63. The first-order chi connectivity index (χ1) is 8.04. The average molecular weight is 238 g/mol. The van der Waals surface area contributed by atoms with Crippen molar-refractivity contribution in [2.75, 3.05) is 20.3 Å². The van der Waals surface area contributed by atoms with Gasteiger partial charge in [-0.2, -0.15) is 0 Å². The van der Waals surface area contributed by atoms with E-state index in [1.807, 2.05) is 19.9 Å². The molecule has 1 aromatic rings. The van der Waals surface area contributed by atoms with Crippen LogP contribution in [0.4, 0.5) is 0 Å². The zero-order valence-corrected chi connectivity index (χ0v) is 10.4. The lowest BCUT2D eigenvalue weighted by molar-refractivity contribution is -0.142. The molecule has 17 heavy (non-hydrogen) atoms. The van der Waals surface area contributed by atoms with Crippen LogP contribution in [0, 0.1) is 13.8 Å². The third-order valence-corrected chi connectivity index (χ3v) is 2.52. The standard InChI is InChI=1S/C13H18O4/c1-9-6-10(2)11(12(7-9)16-3)4-5-17-8-13(14)15/h6-7H,4-5,8H2,1-3H3,(H,14,15). The minimum absolute atomic E-state index is 0.257. The van der Waals surface area contributed by atoms with Gasteiger partial charge in [0.1, 0.15) is 12.4 Å². The van der Waals surface area contributed by atoms with E-state index in [2.05, 4.69) is 6.07 Å². The Kier molecular flexibility index (Phi) is 4.97. The van der Waals surface area contributed by atoms with E-state index in [1.54, 1.807) is 7.11 Å². The maximum atomic E-state index is 10.3. The molecule has 1 N–H and O–H groups in total. The maximum absolute atomic E-state index is 10.3. The van der Waals surface area contributed by atoms with Crippen molar-refractivity contribution in [1.29, 1.82) is 0 Å². The van der Waals surface area contributed by atoms with Crippen LogP contribution in [0.1, 0.15) is 16.7 Å². The molecule has 0 fully saturated rings. The van der Waals surface area contributed by atoms with Crippen LogP contribution in [-0.2, 0) is 16.0 Å². The first-order valence-electron chi connectivity index (χ1n) is 5.48. The zero-order chi connectivity index (χ0) is 12.8. The number of rotatable bonds is 6. The molecule has 0 aliphatic carbocycles. The van der Waals surface area contributed by atoms with Crippen LogP contribution in [0.2, 0.25) is 0 Å². The fourth-order valence-corrected chi connectivity index (χ4v) is 1.79. The number of methoxy groups -OCH3 is 1. The van der Waals surface area contributed by atoms with Gasteiger partial charge in [0.05, 0.1) is 13.7 Å². The predicted molar refractivity (Wildman–Crippen MR) is 64.6 cm³/mol. The third-order valence-electron chi connectivity index (χ3n) is 2.52. The minimum atomic E-state index is -0.947. The van der Waals surface area contributed by atoms with E-state index in [0.717, 1.165) is 22.4 Å². The van der Waals surface area contributed by atoms with Gasteiger partial charge in [-0.15, -0.1) is 0 Å². The summed E-state index contributed by atoms with van der Waals surface area (Å²) < 4.78 is 10.3. The van der Waals surface area contributed by atoms with Crippen molar-refractivity contribution >= 4 is 5.97 Å². The zero-order valence-electron chi connectivity index (χ0n) is 10.4. The molecule has 4 nitrogen and oxygen atoms in total. The summed E-state index contributed by atoms with van der Waals surface area (Å²) in [5.74, 6) is -0.112. The third kappa shape index (κ3) is 4.07. The molecular formula is C13H18O4. The summed E-state index contributed by atoms with van der Waals surface area (Å²) >= 11 is 0. The van der Waals surface area contributed by atoms with Gasteiger partial charge in [-0.25, -0.2) is 4.79 Å². The van der Waals surface area contributed by atoms with Gasteiger partial charge in [0, 0.05) is 0 Å². The molecule has 0 aliphatic rings. The number of carboxylic acids is 1. The lowest BCUT2D eigenvalue weighted by Gasteiger charge is -2.12. The first-order valence-corrected chi connectivity index (χ1v) is 5.48. The van der Waals surface area contributed by atoms with Crippen molar-refractivity contribution in [3.05, 3.63) is 28.8 Å². The van der Waals surface area contributed by atoms with Crippen LogP contribution in [0.25, 0.3) is 0 Å². The molecule has 0 heterocycles. The predicted octanol–water partition coefficient (Wildman–Crippen LogP) is 1.96. The van der Waals surface area contributed by atoms with Crippen molar-refractivity contribution in [2.24, 2.45) is 0 Å². The number of hydrogen-bond donors (Lipinski definition) is 1. The Balaban J connectivity index is 2.66. The number of carboxylic acid groups (broad SMARTS) is 1. The summed E-state index contributed by atoms with van der Waals surface area (Å²) in [6.45, 7) is 4.15. The molecule has 0 saturated heterocycles. The molecule has 1 rings (SSSR count). The number of benzene rings is 1. The molecule has 1 aromatic carbocycles. The van der Waals surface area contributed by atoms with E-state index in [0.29, 0.717) is 13.0 Å². The molecule has 0 atom stereocenters. The Hall–Kier alpha value is -1.55. The van der Waals surface area contributed by atoms with Crippen molar-refractivity contribution in [1.82, 2.24) is 0 Å². The topological polar surface area (TPSA) is 55.8 Å². The summed E-state index contributed by atoms with van der Waals surface area (Å²) in [6.07, 6.45) is 0.655. The Labute approximate surface area is 101 Å². The number of carbonyl (C=O) groups is 1. The van der Waals surface area contributed by atoms with Crippen LogP contribution >= 0.6 is 0 Å². The lowest BCUT2D eigenvalue weighted by atomic mass is 10.0. The summed E-state index contributed by atoms with van der Waals surface area (Å²) in [5, 5.41) is 8.45. The van der Waals surface area contributed by atoms with Gasteiger partial charge in [-0.3, -0.25) is 0 Å². The monoisotopic (exact) mass is 238 g/mol. The lowest BCUT2D eigenvalue weighted by Crippen LogP contribution is -2.10. The van der Waals surface area contributed by atoms with E-state index in [9.17, 15) is 4.79 Å². The quantitative estimate of drug-likeness (QED) is 0.770. The van der Waals surface area contributed by atoms with E-state index < -0.39 is 5.97 Å². The van der Waals surface area contributed by atoms with Gasteiger partial charge in [0.2, 0.25) is 0 Å². The van der Waals surface area contributed by atoms with E-state index in [1.165, 1.54) is 0 Å². The maximum Gasteiger partial charge on any atom is 0.329 e. The second kappa shape index (κ2) is 6.25. The Bertz CT molecular complexity index is 399. The van der Waals surface area contributed by atoms with Gasteiger partial charge in [0.15, 0.2) is 0 Å². The van der Waals surface area contributed by atoms with Crippen molar-refractivity contribution in [3.8, 4) is 5.75 Å². The molecule has 0 spiro atoms. The highest BCUT2D eigenvalue weighted by atomic mass is 16.5. The highest BCUT2D eigenvalue weighted by Gasteiger charge is 2.08. The number of hydrogen-bond acceptors (Lipinski definition) is 3. The van der Waals surface area contributed by atoms with Crippen LogP contribution in [0.15, 0.2) is 12.1 Å². The van der Waals surface area contributed by atoms with Crippen LogP contribution in [0.5, 0.6) is 5.75 Å². The van der Waals surface area contributed by atoms with Gasteiger partial charge < -0.3 is 14.6 Å². The van der Waals surface area contributed by atoms with Gasteiger partial charge in [0.25, 0.3) is 0 Å². The molecule has 0 amide bonds. The Morgan fingerprint density at radius 3 is 2.65 bits per heavy atom. The minimum Gasteiger partial charge on any atom is -0.496 e. The van der Waals surface area contributed by atoms with Gasteiger partial charge >= 0.3 is 5.97 Å². The smallest absolute Gasteiger partial charge is 0.329 e. The van der Waals surface area contributed by atoms with E-state index >= 15 is 0 Å². The molecule has 0 aliphatic heterocycles. The van der Waals surface area contributed by atoms with Crippen molar-refractivity contribution < 1.29 is 19.4 Å². The molecule has 0 saturated carbocycles. The average Bonchev–Trinajstić information content (AvgIpc) is 2.25. The highest BCUT2D eigenvalue weighted by Crippen LogP contribution is 2.24. The Morgan fingerprint density at radius 1 is 1.35 bits per heavy atom. The van der Waals surface area contributed by atoms with Crippen molar-refractivity contribution in [3.63, 3.8) is 0 Å². The number of aliphatic carboxylic acids is 1. The number of ether oxygens (including phenoxy) is 2. The largest absolute Gasteiger partial charge is 0.496 e. The fourth-order valence-electron chi connectivity index (χ4n) is 1.79. The normalized spacial score (nSPS) is 10.3. The van der Waals surface area contributed by atoms with Gasteiger partial charge in [-0.1, -0.05) is 6.07 Å². The molecular weight excluding hydrogens is 220 g/mol. The molecule has 0 radical (unpaired) electrons. The first kappa shape index (κ1) is 13.5. The molecule has 0 bridgehead atoms. The van der Waals surface area contributed by atoms with Crippen LogP contribution in [-0.4, -0.2) is 31.4 Å². The molecule has 0 aromatic heterocycles. The molecule has 0 unspecified atom stereocenters. The molecule has 94 valence electrons. The van der Waals surface area contributed by atoms with Crippen LogP contribution < -0.4 is 4.74 Å². The van der Waals surface area contributed by atoms with Crippen LogP contribution in [0.3, 0.4) is 0 Å². The SMILES string of the molecule is COc1cc(C)cc(C)c1CCOCC(=O)O. The molecule has 4 heteroatoms. The highest BCUT2D eigenvalue weighted by molar-refractivity contribution is 5.67. The van der Waals surface area contributed by atoms with Gasteiger partial charge in [-0.05, 0) is 43.0 Å². The van der Waals surface area contributed by atoms with Crippen molar-refractivity contribution in [2.45, 2.75) is 20.3 Å². The van der Waals surface area contributed by atoms with E-state index in [4.69, 9.17) is 14.6 Å². The fraction of sp³-hybridized carbons (Fsp3) is 0.462.